The van der Waals surface area contributed by atoms with Crippen LogP contribution in [0.1, 0.15) is 11.3 Å². The van der Waals surface area contributed by atoms with Gasteiger partial charge in [0.05, 0.1) is 5.69 Å². The second kappa shape index (κ2) is 5.58. The smallest absolute Gasteiger partial charge is 0.191 e. The fourth-order valence-corrected chi connectivity index (χ4v) is 2.29. The lowest BCUT2D eigenvalue weighted by Crippen LogP contribution is -2.00. The second-order valence-electron chi connectivity index (χ2n) is 4.75. The molecule has 6 heteroatoms. The van der Waals surface area contributed by atoms with Crippen molar-refractivity contribution in [3.05, 3.63) is 64.6 Å². The highest BCUT2D eigenvalue weighted by Crippen LogP contribution is 2.27. The van der Waals surface area contributed by atoms with Crippen LogP contribution in [0.25, 0.3) is 16.9 Å². The Morgan fingerprint density at radius 3 is 2.55 bits per heavy atom. The first-order valence-electron chi connectivity index (χ1n) is 6.48. The highest BCUT2D eigenvalue weighted by Gasteiger charge is 2.16. The number of hydrogen-bond donors (Lipinski definition) is 0. The van der Waals surface area contributed by atoms with Crippen molar-refractivity contribution in [2.75, 3.05) is 0 Å². The van der Waals surface area contributed by atoms with E-state index in [1.165, 1.54) is 16.8 Å². The Bertz CT molecular complexity index is 878. The zero-order valence-corrected chi connectivity index (χ0v) is 12.3. The Labute approximate surface area is 131 Å². The third-order valence-electron chi connectivity index (χ3n) is 3.29. The van der Waals surface area contributed by atoms with Crippen LogP contribution in [0.3, 0.4) is 0 Å². The second-order valence-corrected chi connectivity index (χ2v) is 5.16. The average Bonchev–Trinajstić information content (AvgIpc) is 2.95. The number of benzene rings is 2. The molecule has 0 unspecified atom stereocenters. The maximum Gasteiger partial charge on any atom is 0.191 e. The van der Waals surface area contributed by atoms with Gasteiger partial charge >= 0.3 is 0 Å². The van der Waals surface area contributed by atoms with Gasteiger partial charge in [0.1, 0.15) is 17.6 Å². The fourth-order valence-electron chi connectivity index (χ4n) is 2.12. The van der Waals surface area contributed by atoms with Crippen molar-refractivity contribution in [1.82, 2.24) is 15.0 Å². The highest BCUT2D eigenvalue weighted by molar-refractivity contribution is 6.31. The summed E-state index contributed by atoms with van der Waals surface area (Å²) in [6.07, 6.45) is 0. The van der Waals surface area contributed by atoms with Crippen LogP contribution in [-0.4, -0.2) is 15.0 Å². The van der Waals surface area contributed by atoms with E-state index >= 15 is 0 Å². The molecule has 3 rings (SSSR count). The molecule has 0 spiro atoms. The summed E-state index contributed by atoms with van der Waals surface area (Å²) in [5.41, 5.74) is 2.95. The normalized spacial score (nSPS) is 10.5. The fraction of sp³-hybridized carbons (Fsp3) is 0.0625. The lowest BCUT2D eigenvalue weighted by atomic mass is 10.1. The number of rotatable bonds is 2. The predicted molar refractivity (Wildman–Crippen MR) is 81.2 cm³/mol. The molecule has 0 aliphatic rings. The Hall–Kier alpha value is -2.71. The molecule has 2 aromatic carbocycles. The lowest BCUT2D eigenvalue weighted by molar-refractivity contribution is 0.628. The summed E-state index contributed by atoms with van der Waals surface area (Å²) in [6, 6.07) is 13.3. The number of aromatic nitrogens is 3. The molecule has 1 aromatic heterocycles. The van der Waals surface area contributed by atoms with Gasteiger partial charge in [-0.25, -0.2) is 9.07 Å². The van der Waals surface area contributed by atoms with Crippen LogP contribution < -0.4 is 0 Å². The van der Waals surface area contributed by atoms with Crippen LogP contribution in [-0.2, 0) is 0 Å². The SMILES string of the molecule is Cc1ccc(-n2nnc(C#N)c2-c2ccc(F)cc2)cc1Cl. The van der Waals surface area contributed by atoms with Crippen LogP contribution in [0.15, 0.2) is 42.5 Å². The highest BCUT2D eigenvalue weighted by atomic mass is 35.5. The van der Waals surface area contributed by atoms with Gasteiger partial charge in [-0.1, -0.05) is 22.9 Å². The Balaban J connectivity index is 2.21. The van der Waals surface area contributed by atoms with E-state index in [0.29, 0.717) is 22.0 Å². The topological polar surface area (TPSA) is 54.5 Å². The number of aryl methyl sites for hydroxylation is 1. The molecule has 0 N–H and O–H groups in total. The van der Waals surface area contributed by atoms with Crippen LogP contribution in [0.5, 0.6) is 0 Å². The molecule has 0 atom stereocenters. The third kappa shape index (κ3) is 2.45. The predicted octanol–water partition coefficient (Wildman–Crippen LogP) is 3.91. The maximum absolute atomic E-state index is 13.1. The minimum Gasteiger partial charge on any atom is -0.211 e. The van der Waals surface area contributed by atoms with E-state index in [0.717, 1.165) is 5.56 Å². The molecule has 0 bridgehead atoms. The quantitative estimate of drug-likeness (QED) is 0.721. The Morgan fingerprint density at radius 1 is 1.18 bits per heavy atom. The molecule has 22 heavy (non-hydrogen) atoms. The molecule has 108 valence electrons. The van der Waals surface area contributed by atoms with Gasteiger partial charge in [0.15, 0.2) is 5.69 Å². The largest absolute Gasteiger partial charge is 0.211 e. The van der Waals surface area contributed by atoms with Gasteiger partial charge in [-0.3, -0.25) is 0 Å². The maximum atomic E-state index is 13.1. The molecule has 0 radical (unpaired) electrons. The summed E-state index contributed by atoms with van der Waals surface area (Å²) >= 11 is 6.15. The van der Waals surface area contributed by atoms with Crippen LogP contribution in [0.2, 0.25) is 5.02 Å². The van der Waals surface area contributed by atoms with Crippen LogP contribution in [0.4, 0.5) is 4.39 Å². The van der Waals surface area contributed by atoms with Crippen LogP contribution >= 0.6 is 11.6 Å². The number of hydrogen-bond acceptors (Lipinski definition) is 3. The van der Waals surface area contributed by atoms with Gasteiger partial charge in [-0.2, -0.15) is 5.26 Å². The minimum absolute atomic E-state index is 0.170. The van der Waals surface area contributed by atoms with Gasteiger partial charge in [-0.15, -0.1) is 5.10 Å². The van der Waals surface area contributed by atoms with E-state index < -0.39 is 0 Å². The molecule has 0 saturated carbocycles. The number of nitrogens with zero attached hydrogens (tertiary/aromatic N) is 4. The van der Waals surface area contributed by atoms with Crippen LogP contribution in [0, 0.1) is 24.1 Å². The molecule has 0 saturated heterocycles. The van der Waals surface area contributed by atoms with Gasteiger partial charge in [0.2, 0.25) is 0 Å². The standard InChI is InChI=1S/C16H10ClFN4/c1-10-2-7-13(8-14(10)17)22-16(15(9-19)20-21-22)11-3-5-12(18)6-4-11/h2-8H,1H3. The average molecular weight is 313 g/mol. The molecular formula is C16H10ClFN4. The first kappa shape index (κ1) is 14.2. The summed E-state index contributed by atoms with van der Waals surface area (Å²) in [4.78, 5) is 0. The molecule has 0 amide bonds. The first-order chi connectivity index (χ1) is 10.6. The Kier molecular flexibility index (Phi) is 3.61. The van der Waals surface area contributed by atoms with Crippen molar-refractivity contribution in [3.63, 3.8) is 0 Å². The first-order valence-corrected chi connectivity index (χ1v) is 6.86. The van der Waals surface area contributed by atoms with Gasteiger partial charge in [0.25, 0.3) is 0 Å². The van der Waals surface area contributed by atoms with Gasteiger partial charge in [0, 0.05) is 10.6 Å². The summed E-state index contributed by atoms with van der Waals surface area (Å²) < 4.78 is 14.6. The van der Waals surface area contributed by atoms with Crippen molar-refractivity contribution >= 4 is 11.6 Å². The van der Waals surface area contributed by atoms with E-state index in [1.54, 1.807) is 18.2 Å². The third-order valence-corrected chi connectivity index (χ3v) is 3.70. The van der Waals surface area contributed by atoms with E-state index in [4.69, 9.17) is 11.6 Å². The van der Waals surface area contributed by atoms with Crippen molar-refractivity contribution < 1.29 is 4.39 Å². The molecule has 1 heterocycles. The van der Waals surface area contributed by atoms with E-state index in [1.807, 2.05) is 25.1 Å². The summed E-state index contributed by atoms with van der Waals surface area (Å²) in [6.45, 7) is 1.90. The van der Waals surface area contributed by atoms with Crippen molar-refractivity contribution in [2.45, 2.75) is 6.92 Å². The molecule has 0 fully saturated rings. The van der Waals surface area contributed by atoms with E-state index in [9.17, 15) is 9.65 Å². The van der Waals surface area contributed by atoms with Gasteiger partial charge in [-0.05, 0) is 48.9 Å². The molecule has 3 aromatic rings. The molecule has 4 nitrogen and oxygen atoms in total. The zero-order valence-electron chi connectivity index (χ0n) is 11.6. The van der Waals surface area contributed by atoms with Crippen molar-refractivity contribution in [2.24, 2.45) is 0 Å². The lowest BCUT2D eigenvalue weighted by Gasteiger charge is -2.08. The monoisotopic (exact) mass is 312 g/mol. The number of halogens is 2. The van der Waals surface area contributed by atoms with E-state index in [-0.39, 0.29) is 11.5 Å². The summed E-state index contributed by atoms with van der Waals surface area (Å²) in [5.74, 6) is -0.348. The van der Waals surface area contributed by atoms with Crippen molar-refractivity contribution in [3.8, 4) is 23.0 Å². The summed E-state index contributed by atoms with van der Waals surface area (Å²) in [7, 11) is 0. The Morgan fingerprint density at radius 2 is 1.91 bits per heavy atom. The van der Waals surface area contributed by atoms with E-state index in [2.05, 4.69) is 10.3 Å². The van der Waals surface area contributed by atoms with Gasteiger partial charge < -0.3 is 0 Å². The minimum atomic E-state index is -0.348. The van der Waals surface area contributed by atoms with Crippen molar-refractivity contribution in [1.29, 1.82) is 5.26 Å². The zero-order chi connectivity index (χ0) is 15.7. The summed E-state index contributed by atoms with van der Waals surface area (Å²) in [5, 5.41) is 17.7. The molecule has 0 aliphatic carbocycles. The number of nitriles is 1. The molecular weight excluding hydrogens is 303 g/mol. The molecule has 0 aliphatic heterocycles.